The maximum absolute atomic E-state index is 14.3. The van der Waals surface area contributed by atoms with Gasteiger partial charge in [0, 0.05) is 40.9 Å². The SMILES string of the molecule is COc1cc(F)cc(-c2nccc3[nH]c(-c4n[nH]c5ccc(-c6cncc(NC(=O)C7CCCCC7)c6)cc45)nc23)c1. The third-order valence-electron chi connectivity index (χ3n) is 7.88. The summed E-state index contributed by atoms with van der Waals surface area (Å²) in [6.07, 6.45) is 10.4. The zero-order chi connectivity index (χ0) is 28.6. The number of ether oxygens (including phenoxy) is 1. The van der Waals surface area contributed by atoms with Gasteiger partial charge in [-0.15, -0.1) is 0 Å². The first kappa shape index (κ1) is 25.8. The molecule has 0 spiro atoms. The Kier molecular flexibility index (Phi) is 6.58. The van der Waals surface area contributed by atoms with Gasteiger partial charge in [0.1, 0.15) is 22.8 Å². The number of hydrogen-bond donors (Lipinski definition) is 3. The second-order valence-corrected chi connectivity index (χ2v) is 10.6. The first-order valence-corrected chi connectivity index (χ1v) is 14.0. The highest BCUT2D eigenvalue weighted by molar-refractivity contribution is 5.98. The number of halogens is 1. The summed E-state index contributed by atoms with van der Waals surface area (Å²) in [5, 5.41) is 11.6. The summed E-state index contributed by atoms with van der Waals surface area (Å²) < 4.78 is 19.5. The van der Waals surface area contributed by atoms with Crippen LogP contribution in [0.5, 0.6) is 5.75 Å². The number of aromatic nitrogens is 6. The van der Waals surface area contributed by atoms with Crippen LogP contribution in [0.25, 0.3) is 55.8 Å². The van der Waals surface area contributed by atoms with Gasteiger partial charge in [-0.25, -0.2) is 9.37 Å². The first-order chi connectivity index (χ1) is 20.6. The van der Waals surface area contributed by atoms with E-state index in [1.165, 1.54) is 25.7 Å². The molecule has 1 aliphatic carbocycles. The number of carbonyl (C=O) groups excluding carboxylic acids is 1. The normalized spacial score (nSPS) is 14.0. The van der Waals surface area contributed by atoms with E-state index in [4.69, 9.17) is 9.72 Å². The summed E-state index contributed by atoms with van der Waals surface area (Å²) in [7, 11) is 1.50. The number of H-pyrrole nitrogens is 2. The maximum Gasteiger partial charge on any atom is 0.227 e. The van der Waals surface area contributed by atoms with Crippen molar-refractivity contribution in [3.05, 3.63) is 72.9 Å². The Balaban J connectivity index is 1.23. The molecule has 1 amide bonds. The van der Waals surface area contributed by atoms with Gasteiger partial charge in [0.25, 0.3) is 0 Å². The zero-order valence-corrected chi connectivity index (χ0v) is 22.9. The van der Waals surface area contributed by atoms with Gasteiger partial charge in [-0.3, -0.25) is 19.9 Å². The van der Waals surface area contributed by atoms with Crippen molar-refractivity contribution >= 4 is 33.5 Å². The van der Waals surface area contributed by atoms with Gasteiger partial charge in [0.15, 0.2) is 5.82 Å². The second kappa shape index (κ2) is 10.7. The molecule has 2 aromatic carbocycles. The third-order valence-corrected chi connectivity index (χ3v) is 7.88. The molecule has 6 aromatic rings. The van der Waals surface area contributed by atoms with E-state index in [9.17, 15) is 9.18 Å². The zero-order valence-electron chi connectivity index (χ0n) is 22.9. The number of imidazole rings is 1. The van der Waals surface area contributed by atoms with Crippen molar-refractivity contribution in [3.8, 4) is 39.7 Å². The Morgan fingerprint density at radius 2 is 1.83 bits per heavy atom. The fourth-order valence-corrected chi connectivity index (χ4v) is 5.73. The Hall–Kier alpha value is -5.12. The minimum absolute atomic E-state index is 0.0645. The van der Waals surface area contributed by atoms with Gasteiger partial charge in [0.05, 0.1) is 35.7 Å². The van der Waals surface area contributed by atoms with Gasteiger partial charge in [-0.1, -0.05) is 25.3 Å². The summed E-state index contributed by atoms with van der Waals surface area (Å²) in [6.45, 7) is 0. The molecule has 4 aromatic heterocycles. The third kappa shape index (κ3) is 4.85. The van der Waals surface area contributed by atoms with Crippen molar-refractivity contribution in [2.75, 3.05) is 12.4 Å². The lowest BCUT2D eigenvalue weighted by Crippen LogP contribution is -2.24. The predicted octanol–water partition coefficient (Wildman–Crippen LogP) is 6.90. The van der Waals surface area contributed by atoms with E-state index in [1.54, 1.807) is 24.7 Å². The number of aromatic amines is 2. The van der Waals surface area contributed by atoms with Crippen LogP contribution in [0.4, 0.5) is 10.1 Å². The van der Waals surface area contributed by atoms with Crippen molar-refractivity contribution in [1.29, 1.82) is 0 Å². The number of methoxy groups -OCH3 is 1. The Morgan fingerprint density at radius 1 is 0.952 bits per heavy atom. The number of amides is 1. The van der Waals surface area contributed by atoms with E-state index in [2.05, 4.69) is 30.5 Å². The molecule has 0 atom stereocenters. The minimum atomic E-state index is -0.420. The molecule has 1 fully saturated rings. The van der Waals surface area contributed by atoms with Crippen LogP contribution in [-0.2, 0) is 4.79 Å². The summed E-state index contributed by atoms with van der Waals surface area (Å²) in [5.74, 6) is 0.665. The molecule has 0 bridgehead atoms. The lowest BCUT2D eigenvalue weighted by Gasteiger charge is -2.20. The van der Waals surface area contributed by atoms with E-state index < -0.39 is 5.82 Å². The van der Waals surface area contributed by atoms with Gasteiger partial charge in [-0.2, -0.15) is 5.10 Å². The largest absolute Gasteiger partial charge is 0.497 e. The molecule has 10 heteroatoms. The fraction of sp³-hybridized carbons (Fsp3) is 0.219. The molecule has 7 rings (SSSR count). The monoisotopic (exact) mass is 561 g/mol. The number of nitrogens with one attached hydrogen (secondary N) is 3. The van der Waals surface area contributed by atoms with Crippen molar-refractivity contribution in [3.63, 3.8) is 0 Å². The molecule has 210 valence electrons. The van der Waals surface area contributed by atoms with E-state index >= 15 is 0 Å². The lowest BCUT2D eigenvalue weighted by molar-refractivity contribution is -0.120. The summed E-state index contributed by atoms with van der Waals surface area (Å²) in [6, 6.07) is 14.2. The van der Waals surface area contributed by atoms with E-state index in [0.29, 0.717) is 39.7 Å². The van der Waals surface area contributed by atoms with Gasteiger partial charge < -0.3 is 15.0 Å². The van der Waals surface area contributed by atoms with Crippen LogP contribution < -0.4 is 10.1 Å². The smallest absolute Gasteiger partial charge is 0.227 e. The van der Waals surface area contributed by atoms with Crippen molar-refractivity contribution in [1.82, 2.24) is 30.1 Å². The molecule has 1 aliphatic rings. The van der Waals surface area contributed by atoms with Crippen LogP contribution in [0.3, 0.4) is 0 Å². The second-order valence-electron chi connectivity index (χ2n) is 10.6. The highest BCUT2D eigenvalue weighted by atomic mass is 19.1. The number of benzene rings is 2. The quantitative estimate of drug-likeness (QED) is 0.203. The summed E-state index contributed by atoms with van der Waals surface area (Å²) in [4.78, 5) is 29.9. The number of fused-ring (bicyclic) bond motifs is 2. The Bertz CT molecular complexity index is 1940. The molecule has 0 aliphatic heterocycles. The van der Waals surface area contributed by atoms with Gasteiger partial charge in [-0.05, 0) is 54.8 Å². The van der Waals surface area contributed by atoms with E-state index in [0.717, 1.165) is 53.2 Å². The molecule has 4 heterocycles. The average molecular weight is 562 g/mol. The first-order valence-electron chi connectivity index (χ1n) is 14.0. The van der Waals surface area contributed by atoms with Crippen LogP contribution in [0.2, 0.25) is 0 Å². The van der Waals surface area contributed by atoms with Gasteiger partial charge in [0.2, 0.25) is 5.91 Å². The van der Waals surface area contributed by atoms with Crippen molar-refractivity contribution < 1.29 is 13.9 Å². The standard InChI is InChI=1S/C32H28FN7O2/c1-42-24-13-20(11-22(33)15-24)28-30-27(9-10-35-28)37-31(38-30)29-25-14-19(7-8-26(25)39-40-29)21-12-23(17-34-16-21)36-32(41)18-5-3-2-4-6-18/h7-18H,2-6H2,1H3,(H,36,41)(H,37,38)(H,39,40). The molecule has 3 N–H and O–H groups in total. The lowest BCUT2D eigenvalue weighted by atomic mass is 9.88. The molecule has 42 heavy (non-hydrogen) atoms. The molecular weight excluding hydrogens is 533 g/mol. The molecule has 0 radical (unpaired) electrons. The molecule has 0 saturated heterocycles. The van der Waals surface area contributed by atoms with Crippen molar-refractivity contribution in [2.24, 2.45) is 5.92 Å². The number of nitrogens with zero attached hydrogens (tertiary/aromatic N) is 4. The van der Waals surface area contributed by atoms with Crippen LogP contribution in [0, 0.1) is 11.7 Å². The molecule has 9 nitrogen and oxygen atoms in total. The van der Waals surface area contributed by atoms with Crippen molar-refractivity contribution in [2.45, 2.75) is 32.1 Å². The van der Waals surface area contributed by atoms with Crippen LogP contribution in [0.1, 0.15) is 32.1 Å². The molecular formula is C32H28FN7O2. The molecule has 0 unspecified atom stereocenters. The topological polar surface area (TPSA) is 121 Å². The van der Waals surface area contributed by atoms with E-state index in [-0.39, 0.29) is 11.8 Å². The predicted molar refractivity (Wildman–Crippen MR) is 159 cm³/mol. The number of pyridine rings is 2. The Morgan fingerprint density at radius 3 is 2.69 bits per heavy atom. The fourth-order valence-electron chi connectivity index (χ4n) is 5.73. The highest BCUT2D eigenvalue weighted by Gasteiger charge is 2.21. The Labute approximate surface area is 240 Å². The highest BCUT2D eigenvalue weighted by Crippen LogP contribution is 2.34. The van der Waals surface area contributed by atoms with E-state index in [1.807, 2.05) is 30.3 Å². The van der Waals surface area contributed by atoms with Crippen LogP contribution in [0.15, 0.2) is 67.1 Å². The average Bonchev–Trinajstić information content (AvgIpc) is 3.65. The van der Waals surface area contributed by atoms with Crippen LogP contribution in [-0.4, -0.2) is 43.2 Å². The number of hydrogen-bond acceptors (Lipinski definition) is 6. The summed E-state index contributed by atoms with van der Waals surface area (Å²) >= 11 is 0. The van der Waals surface area contributed by atoms with Gasteiger partial charge >= 0.3 is 0 Å². The summed E-state index contributed by atoms with van der Waals surface area (Å²) in [5.41, 5.74) is 6.41. The number of carbonyl (C=O) groups is 1. The van der Waals surface area contributed by atoms with Crippen LogP contribution >= 0.6 is 0 Å². The minimum Gasteiger partial charge on any atom is -0.497 e. The maximum atomic E-state index is 14.3. The molecule has 1 saturated carbocycles. The number of rotatable bonds is 6. The number of anilines is 1.